The fraction of sp³-hybridized carbons (Fsp3) is 0.737. The molecule has 9 nitrogen and oxygen atoms in total. The normalized spacial score (nSPS) is 18.6. The highest BCUT2D eigenvalue weighted by Crippen LogP contribution is 2.29. The molecule has 0 spiro atoms. The van der Waals surface area contributed by atoms with Crippen molar-refractivity contribution in [2.45, 2.75) is 69.6 Å². The standard InChI is InChI=1S/C19H31NO8S2/c1-12(16(17(23)24)30(25,26)27)13(2)29-10-9-19(5,6)28-11-18(3,4)20-14(21)7-8-15(20)22/h7-8,12-13,16H,9-11H2,1-6H3,(H,23,24)(H,25,26,27). The number of carboxylic acids is 1. The van der Waals surface area contributed by atoms with Crippen LogP contribution in [0.2, 0.25) is 0 Å². The monoisotopic (exact) mass is 465 g/mol. The van der Waals surface area contributed by atoms with E-state index in [4.69, 9.17) is 9.84 Å². The van der Waals surface area contributed by atoms with Crippen LogP contribution in [0.15, 0.2) is 12.2 Å². The second-order valence-electron chi connectivity index (χ2n) is 8.66. The second kappa shape index (κ2) is 9.80. The summed E-state index contributed by atoms with van der Waals surface area (Å²) < 4.78 is 37.9. The molecule has 1 heterocycles. The number of amides is 2. The molecule has 30 heavy (non-hydrogen) atoms. The van der Waals surface area contributed by atoms with Gasteiger partial charge in [0.15, 0.2) is 5.25 Å². The number of aliphatic carboxylic acids is 1. The molecule has 0 aromatic rings. The van der Waals surface area contributed by atoms with Gasteiger partial charge in [0.2, 0.25) is 0 Å². The van der Waals surface area contributed by atoms with E-state index in [1.165, 1.54) is 30.8 Å². The predicted molar refractivity (Wildman–Crippen MR) is 114 cm³/mol. The number of hydrogen-bond acceptors (Lipinski definition) is 7. The molecule has 1 aliphatic rings. The van der Waals surface area contributed by atoms with Crippen molar-refractivity contribution < 1.29 is 37.2 Å². The van der Waals surface area contributed by atoms with E-state index < -0.39 is 38.4 Å². The first-order valence-corrected chi connectivity index (χ1v) is 12.1. The molecule has 1 rings (SSSR count). The highest BCUT2D eigenvalue weighted by atomic mass is 32.2. The average Bonchev–Trinajstić information content (AvgIpc) is 2.90. The van der Waals surface area contributed by atoms with Gasteiger partial charge in [0.05, 0.1) is 17.7 Å². The Labute approximate surface area is 182 Å². The van der Waals surface area contributed by atoms with E-state index in [2.05, 4.69) is 0 Å². The molecule has 0 bridgehead atoms. The third kappa shape index (κ3) is 7.07. The van der Waals surface area contributed by atoms with E-state index in [0.717, 1.165) is 4.90 Å². The molecule has 2 N–H and O–H groups in total. The Kier molecular flexibility index (Phi) is 8.69. The summed E-state index contributed by atoms with van der Waals surface area (Å²) in [6.45, 7) is 10.5. The van der Waals surface area contributed by atoms with Crippen LogP contribution in [-0.4, -0.2) is 74.8 Å². The van der Waals surface area contributed by atoms with Crippen molar-refractivity contribution in [3.63, 3.8) is 0 Å². The highest BCUT2D eigenvalue weighted by molar-refractivity contribution is 7.99. The topological polar surface area (TPSA) is 138 Å². The van der Waals surface area contributed by atoms with Crippen LogP contribution in [0.1, 0.15) is 48.0 Å². The molecule has 172 valence electrons. The molecule has 3 atom stereocenters. The maximum Gasteiger partial charge on any atom is 0.324 e. The molecule has 3 unspecified atom stereocenters. The Morgan fingerprint density at radius 1 is 1.17 bits per heavy atom. The lowest BCUT2D eigenvalue weighted by atomic mass is 10.0. The minimum atomic E-state index is -4.71. The molecule has 0 aliphatic carbocycles. The number of imide groups is 1. The summed E-state index contributed by atoms with van der Waals surface area (Å²) in [5.74, 6) is -2.58. The van der Waals surface area contributed by atoms with Crippen LogP contribution in [0.3, 0.4) is 0 Å². The molecule has 0 radical (unpaired) electrons. The second-order valence-corrected chi connectivity index (χ2v) is 11.7. The zero-order chi connectivity index (χ0) is 23.5. The van der Waals surface area contributed by atoms with Crippen LogP contribution in [0.5, 0.6) is 0 Å². The Balaban J connectivity index is 2.60. The average molecular weight is 466 g/mol. The molecule has 2 amide bonds. The number of thioether (sulfide) groups is 1. The third-order valence-corrected chi connectivity index (χ3v) is 7.77. The molecule has 0 saturated heterocycles. The van der Waals surface area contributed by atoms with Gasteiger partial charge in [-0.3, -0.25) is 23.8 Å². The van der Waals surface area contributed by atoms with Gasteiger partial charge in [0.25, 0.3) is 21.9 Å². The fourth-order valence-electron chi connectivity index (χ4n) is 3.02. The van der Waals surface area contributed by atoms with Gasteiger partial charge < -0.3 is 9.84 Å². The van der Waals surface area contributed by atoms with Crippen LogP contribution in [0, 0.1) is 5.92 Å². The van der Waals surface area contributed by atoms with Crippen molar-refractivity contribution in [1.29, 1.82) is 0 Å². The number of ether oxygens (including phenoxy) is 1. The smallest absolute Gasteiger partial charge is 0.324 e. The molecule has 0 aromatic carbocycles. The molecular weight excluding hydrogens is 434 g/mol. The van der Waals surface area contributed by atoms with Gasteiger partial charge in [0, 0.05) is 17.4 Å². The molecule has 11 heteroatoms. The minimum Gasteiger partial charge on any atom is -0.480 e. The van der Waals surface area contributed by atoms with E-state index in [9.17, 15) is 27.4 Å². The molecule has 1 aliphatic heterocycles. The lowest BCUT2D eigenvalue weighted by molar-refractivity contribution is -0.148. The number of carbonyl (C=O) groups excluding carboxylic acids is 2. The summed E-state index contributed by atoms with van der Waals surface area (Å²) in [6, 6.07) is 0. The summed E-state index contributed by atoms with van der Waals surface area (Å²) in [7, 11) is -4.71. The van der Waals surface area contributed by atoms with Crippen molar-refractivity contribution in [3.05, 3.63) is 12.2 Å². The lowest BCUT2D eigenvalue weighted by Gasteiger charge is -2.37. The fourth-order valence-corrected chi connectivity index (χ4v) is 5.59. The van der Waals surface area contributed by atoms with Gasteiger partial charge in [-0.05, 0) is 45.8 Å². The Morgan fingerprint density at radius 2 is 1.67 bits per heavy atom. The van der Waals surface area contributed by atoms with Crippen LogP contribution >= 0.6 is 11.8 Å². The third-order valence-electron chi connectivity index (χ3n) is 5.10. The number of carbonyl (C=O) groups is 3. The Hall–Kier alpha value is -1.43. The first-order valence-electron chi connectivity index (χ1n) is 9.50. The molecule has 0 saturated carbocycles. The molecule has 0 fully saturated rings. The Morgan fingerprint density at radius 3 is 2.10 bits per heavy atom. The first-order chi connectivity index (χ1) is 13.5. The maximum absolute atomic E-state index is 11.9. The van der Waals surface area contributed by atoms with Crippen molar-refractivity contribution in [2.75, 3.05) is 12.4 Å². The molecular formula is C19H31NO8S2. The van der Waals surface area contributed by atoms with Gasteiger partial charge in [-0.25, -0.2) is 0 Å². The van der Waals surface area contributed by atoms with Crippen LogP contribution < -0.4 is 0 Å². The number of nitrogens with zero attached hydrogens (tertiary/aromatic N) is 1. The van der Waals surface area contributed by atoms with Crippen molar-refractivity contribution >= 4 is 39.7 Å². The highest BCUT2D eigenvalue weighted by Gasteiger charge is 2.40. The van der Waals surface area contributed by atoms with E-state index in [1.807, 2.05) is 13.8 Å². The van der Waals surface area contributed by atoms with Crippen molar-refractivity contribution in [2.24, 2.45) is 5.92 Å². The van der Waals surface area contributed by atoms with Gasteiger partial charge in [-0.2, -0.15) is 20.2 Å². The first kappa shape index (κ1) is 26.6. The van der Waals surface area contributed by atoms with Crippen molar-refractivity contribution in [3.8, 4) is 0 Å². The predicted octanol–water partition coefficient (Wildman–Crippen LogP) is 1.97. The van der Waals surface area contributed by atoms with E-state index >= 15 is 0 Å². The molecule has 0 aromatic heterocycles. The van der Waals surface area contributed by atoms with Gasteiger partial charge in [-0.15, -0.1) is 0 Å². The lowest BCUT2D eigenvalue weighted by Crippen LogP contribution is -2.52. The number of rotatable bonds is 12. The van der Waals surface area contributed by atoms with Crippen LogP contribution in [0.25, 0.3) is 0 Å². The maximum atomic E-state index is 11.9. The summed E-state index contributed by atoms with van der Waals surface area (Å²) in [5.41, 5.74) is -1.42. The summed E-state index contributed by atoms with van der Waals surface area (Å²) in [6.07, 6.45) is 3.02. The number of hydrogen-bond donors (Lipinski definition) is 2. The van der Waals surface area contributed by atoms with E-state index in [-0.39, 0.29) is 23.7 Å². The van der Waals surface area contributed by atoms with E-state index in [1.54, 1.807) is 20.8 Å². The quantitative estimate of drug-likeness (QED) is 0.327. The summed E-state index contributed by atoms with van der Waals surface area (Å²) >= 11 is 1.39. The van der Waals surface area contributed by atoms with Crippen molar-refractivity contribution in [1.82, 2.24) is 4.90 Å². The minimum absolute atomic E-state index is 0.139. The SMILES string of the molecule is CC(SCCC(C)(C)OCC(C)(C)N1C(=O)C=CC1=O)C(C)C(C(=O)O)S(=O)(=O)O. The summed E-state index contributed by atoms with van der Waals surface area (Å²) in [4.78, 5) is 36.2. The zero-order valence-corrected chi connectivity index (χ0v) is 19.7. The van der Waals surface area contributed by atoms with Crippen LogP contribution in [0.4, 0.5) is 0 Å². The zero-order valence-electron chi connectivity index (χ0n) is 18.1. The van der Waals surface area contributed by atoms with Gasteiger partial charge >= 0.3 is 5.97 Å². The van der Waals surface area contributed by atoms with E-state index in [0.29, 0.717) is 12.2 Å². The Bertz CT molecular complexity index is 785. The summed E-state index contributed by atoms with van der Waals surface area (Å²) in [5, 5.41) is 6.91. The van der Waals surface area contributed by atoms with Gasteiger partial charge in [0.1, 0.15) is 0 Å². The van der Waals surface area contributed by atoms with Gasteiger partial charge in [-0.1, -0.05) is 13.8 Å². The number of carboxylic acid groups (broad SMARTS) is 1. The largest absolute Gasteiger partial charge is 0.480 e. The van der Waals surface area contributed by atoms with Crippen LogP contribution in [-0.2, 0) is 29.2 Å².